The van der Waals surface area contributed by atoms with Gasteiger partial charge in [-0.15, -0.1) is 11.3 Å². The first kappa shape index (κ1) is 20.6. The van der Waals surface area contributed by atoms with Gasteiger partial charge in [0.25, 0.3) is 11.5 Å². The van der Waals surface area contributed by atoms with E-state index in [2.05, 4.69) is 32.8 Å². The van der Waals surface area contributed by atoms with Gasteiger partial charge in [-0.3, -0.25) is 14.5 Å². The first-order valence-electron chi connectivity index (χ1n) is 10.9. The maximum atomic E-state index is 13.3. The molecule has 2 aromatic carbocycles. The highest BCUT2D eigenvalue weighted by atomic mass is 32.1. The van der Waals surface area contributed by atoms with E-state index in [0.29, 0.717) is 23.0 Å². The number of nitrogens with zero attached hydrogens (tertiary/aromatic N) is 3. The van der Waals surface area contributed by atoms with E-state index in [4.69, 9.17) is 0 Å². The molecule has 1 aliphatic rings. The molecule has 7 heteroatoms. The number of rotatable bonds is 6. The lowest BCUT2D eigenvalue weighted by Gasteiger charge is -2.27. The molecule has 1 aliphatic heterocycles. The topological polar surface area (TPSA) is 67.2 Å². The van der Waals surface area contributed by atoms with Crippen LogP contribution in [0.2, 0.25) is 0 Å². The smallest absolute Gasteiger partial charge is 0.279 e. The lowest BCUT2D eigenvalue weighted by Crippen LogP contribution is -2.37. The Balaban J connectivity index is 1.49. The number of carbonyl (C=O) groups excluding carboxylic acids is 1. The Hall–Kier alpha value is -3.29. The first-order valence-corrected chi connectivity index (χ1v) is 11.7. The molecule has 5 rings (SSSR count). The van der Waals surface area contributed by atoms with Crippen molar-refractivity contribution in [3.63, 3.8) is 0 Å². The van der Waals surface area contributed by atoms with Gasteiger partial charge in [-0.2, -0.15) is 9.78 Å². The molecule has 0 spiro atoms. The lowest BCUT2D eigenvalue weighted by molar-refractivity contribution is 0.0933. The van der Waals surface area contributed by atoms with Gasteiger partial charge in [-0.25, -0.2) is 0 Å². The summed E-state index contributed by atoms with van der Waals surface area (Å²) in [7, 11) is 0. The third-order valence-electron chi connectivity index (χ3n) is 5.93. The van der Waals surface area contributed by atoms with E-state index < -0.39 is 0 Å². The average molecular weight is 445 g/mol. The molecule has 162 valence electrons. The molecular weight excluding hydrogens is 420 g/mol. The number of para-hydroxylation sites is 1. The minimum Gasteiger partial charge on any atom is -0.349 e. The summed E-state index contributed by atoms with van der Waals surface area (Å²) in [4.78, 5) is 30.1. The van der Waals surface area contributed by atoms with Crippen LogP contribution in [0.15, 0.2) is 76.9 Å². The largest absolute Gasteiger partial charge is 0.349 e. The molecule has 0 saturated carbocycles. The molecule has 2 aromatic heterocycles. The third kappa shape index (κ3) is 3.97. The van der Waals surface area contributed by atoms with Crippen molar-refractivity contribution in [2.45, 2.75) is 18.9 Å². The number of nitrogens with one attached hydrogen (secondary N) is 1. The van der Waals surface area contributed by atoms with Crippen molar-refractivity contribution in [2.24, 2.45) is 0 Å². The molecule has 0 bridgehead atoms. The Morgan fingerprint density at radius 1 is 0.969 bits per heavy atom. The molecular formula is C25H24N4O2S. The number of thiophene rings is 1. The van der Waals surface area contributed by atoms with Gasteiger partial charge in [0.1, 0.15) is 0 Å². The van der Waals surface area contributed by atoms with Gasteiger partial charge in [-0.1, -0.05) is 42.5 Å². The highest BCUT2D eigenvalue weighted by Gasteiger charge is 2.26. The minimum absolute atomic E-state index is 0.146. The molecule has 1 saturated heterocycles. The number of carbonyl (C=O) groups is 1. The number of fused-ring (bicyclic) bond motifs is 1. The fourth-order valence-corrected chi connectivity index (χ4v) is 5.18. The number of hydrogen-bond acceptors (Lipinski definition) is 5. The van der Waals surface area contributed by atoms with Crippen molar-refractivity contribution in [2.75, 3.05) is 19.6 Å². The van der Waals surface area contributed by atoms with Crippen LogP contribution in [-0.4, -0.2) is 40.2 Å². The quantitative estimate of drug-likeness (QED) is 0.488. The Kier molecular flexibility index (Phi) is 5.83. The predicted octanol–water partition coefficient (Wildman–Crippen LogP) is 4.01. The van der Waals surface area contributed by atoms with Gasteiger partial charge in [0.05, 0.1) is 17.1 Å². The molecule has 6 nitrogen and oxygen atoms in total. The Morgan fingerprint density at radius 2 is 1.69 bits per heavy atom. The van der Waals surface area contributed by atoms with Crippen LogP contribution in [0.1, 0.15) is 34.2 Å². The molecule has 0 radical (unpaired) electrons. The maximum Gasteiger partial charge on any atom is 0.279 e. The molecule has 1 fully saturated rings. The maximum absolute atomic E-state index is 13.3. The van der Waals surface area contributed by atoms with Crippen LogP contribution in [0, 0.1) is 0 Å². The summed E-state index contributed by atoms with van der Waals surface area (Å²) in [6.45, 7) is 2.58. The highest BCUT2D eigenvalue weighted by Crippen LogP contribution is 2.28. The van der Waals surface area contributed by atoms with E-state index in [-0.39, 0.29) is 23.2 Å². The molecule has 1 N–H and O–H groups in total. The summed E-state index contributed by atoms with van der Waals surface area (Å²) < 4.78 is 1.31. The monoisotopic (exact) mass is 444 g/mol. The van der Waals surface area contributed by atoms with E-state index >= 15 is 0 Å². The molecule has 3 heterocycles. The zero-order valence-electron chi connectivity index (χ0n) is 17.6. The van der Waals surface area contributed by atoms with Crippen molar-refractivity contribution < 1.29 is 4.79 Å². The SMILES string of the molecule is O=C(NC[C@H](c1cccs1)N1CCCC1)c1nn(-c2ccccc2)c(=O)c2ccccc12. The summed E-state index contributed by atoms with van der Waals surface area (Å²) in [5.74, 6) is -0.272. The van der Waals surface area contributed by atoms with E-state index in [1.807, 2.05) is 36.4 Å². The standard InChI is InChI=1S/C25H24N4O2S/c30-24(26-17-21(22-13-8-16-32-22)28-14-6-7-15-28)23-19-11-4-5-12-20(19)25(31)29(27-23)18-9-2-1-3-10-18/h1-5,8-13,16,21H,6-7,14-15,17H2,(H,26,30)/t21-/m1/s1. The van der Waals surface area contributed by atoms with Gasteiger partial charge in [0.15, 0.2) is 5.69 Å². The summed E-state index contributed by atoms with van der Waals surface area (Å²) in [6.07, 6.45) is 2.37. The molecule has 0 unspecified atom stereocenters. The number of benzene rings is 2. The number of amides is 1. The molecule has 1 amide bonds. The van der Waals surface area contributed by atoms with E-state index in [1.54, 1.807) is 29.5 Å². The van der Waals surface area contributed by atoms with Crippen LogP contribution in [0.4, 0.5) is 0 Å². The van der Waals surface area contributed by atoms with Crippen LogP contribution < -0.4 is 10.9 Å². The van der Waals surface area contributed by atoms with Crippen LogP contribution in [-0.2, 0) is 0 Å². The normalized spacial score (nSPS) is 15.1. The van der Waals surface area contributed by atoms with E-state index in [1.165, 1.54) is 22.4 Å². The Bertz CT molecular complexity index is 1280. The van der Waals surface area contributed by atoms with Crippen LogP contribution in [0.5, 0.6) is 0 Å². The van der Waals surface area contributed by atoms with E-state index in [9.17, 15) is 9.59 Å². The lowest BCUT2D eigenvalue weighted by atomic mass is 10.1. The fraction of sp³-hybridized carbons (Fsp3) is 0.240. The first-order chi connectivity index (χ1) is 15.7. The van der Waals surface area contributed by atoms with Gasteiger partial charge < -0.3 is 5.32 Å². The Labute approximate surface area is 190 Å². The Morgan fingerprint density at radius 3 is 2.41 bits per heavy atom. The van der Waals surface area contributed by atoms with Crippen LogP contribution >= 0.6 is 11.3 Å². The summed E-state index contributed by atoms with van der Waals surface area (Å²) in [5.41, 5.74) is 0.651. The van der Waals surface area contributed by atoms with Crippen molar-refractivity contribution in [1.29, 1.82) is 0 Å². The van der Waals surface area contributed by atoms with E-state index in [0.717, 1.165) is 13.1 Å². The van der Waals surface area contributed by atoms with Crippen molar-refractivity contribution in [3.05, 3.63) is 93.0 Å². The molecule has 32 heavy (non-hydrogen) atoms. The molecule has 1 atom stereocenters. The number of hydrogen-bond donors (Lipinski definition) is 1. The second-order valence-electron chi connectivity index (χ2n) is 7.93. The van der Waals surface area contributed by atoms with Gasteiger partial charge >= 0.3 is 0 Å². The molecule has 0 aliphatic carbocycles. The summed E-state index contributed by atoms with van der Waals surface area (Å²) in [5, 5.41) is 10.7. The average Bonchev–Trinajstić information content (AvgIpc) is 3.55. The number of aromatic nitrogens is 2. The minimum atomic E-state index is -0.272. The summed E-state index contributed by atoms with van der Waals surface area (Å²) >= 11 is 1.72. The third-order valence-corrected chi connectivity index (χ3v) is 6.90. The van der Waals surface area contributed by atoms with Crippen molar-refractivity contribution in [3.8, 4) is 5.69 Å². The van der Waals surface area contributed by atoms with Gasteiger partial charge in [0, 0.05) is 16.8 Å². The van der Waals surface area contributed by atoms with Crippen molar-refractivity contribution in [1.82, 2.24) is 20.0 Å². The predicted molar refractivity (Wildman–Crippen MR) is 128 cm³/mol. The second kappa shape index (κ2) is 9.06. The summed E-state index contributed by atoms with van der Waals surface area (Å²) in [6, 6.07) is 20.7. The number of likely N-dealkylation sites (tertiary alicyclic amines) is 1. The van der Waals surface area contributed by atoms with Gasteiger partial charge in [0.2, 0.25) is 0 Å². The van der Waals surface area contributed by atoms with Crippen molar-refractivity contribution >= 4 is 28.0 Å². The van der Waals surface area contributed by atoms with Crippen LogP contribution in [0.25, 0.3) is 16.5 Å². The zero-order chi connectivity index (χ0) is 21.9. The zero-order valence-corrected chi connectivity index (χ0v) is 18.4. The fourth-order valence-electron chi connectivity index (χ4n) is 4.32. The molecule has 4 aromatic rings. The van der Waals surface area contributed by atoms with Gasteiger partial charge in [-0.05, 0) is 55.6 Å². The van der Waals surface area contributed by atoms with Crippen LogP contribution in [0.3, 0.4) is 0 Å². The second-order valence-corrected chi connectivity index (χ2v) is 8.91. The highest BCUT2D eigenvalue weighted by molar-refractivity contribution is 7.10.